The van der Waals surface area contributed by atoms with Crippen LogP contribution < -0.4 is 5.73 Å². The number of aliphatic hydroxyl groups excluding tert-OH is 2. The largest absolute Gasteiger partial charge is 0.507 e. The zero-order valence-electron chi connectivity index (χ0n) is 23.9. The third kappa shape index (κ3) is 4.14. The van der Waals surface area contributed by atoms with Gasteiger partial charge in [-0.1, -0.05) is 32.1 Å². The first kappa shape index (κ1) is 28.6. The number of hydrogen-bond donors (Lipinski definition) is 5. The summed E-state index contributed by atoms with van der Waals surface area (Å²) in [5, 5.41) is 46.3. The zero-order chi connectivity index (χ0) is 30.1. The first-order chi connectivity index (χ1) is 20.0. The summed E-state index contributed by atoms with van der Waals surface area (Å²) in [5.41, 5.74) is 5.62. The third-order valence-corrected chi connectivity index (χ3v) is 10.2. The average Bonchev–Trinajstić information content (AvgIpc) is 3.47. The lowest BCUT2D eigenvalue weighted by atomic mass is 9.54. The second-order valence-corrected chi connectivity index (χ2v) is 12.8. The number of amides is 1. The lowest BCUT2D eigenvalue weighted by molar-refractivity contribution is -0.184. The van der Waals surface area contributed by atoms with Crippen molar-refractivity contribution in [2.75, 3.05) is 14.1 Å². The van der Waals surface area contributed by atoms with Gasteiger partial charge in [0.2, 0.25) is 11.7 Å². The fourth-order valence-electron chi connectivity index (χ4n) is 8.26. The molecule has 42 heavy (non-hydrogen) atoms. The predicted molar refractivity (Wildman–Crippen MR) is 152 cm³/mol. The van der Waals surface area contributed by atoms with Crippen LogP contribution in [0.3, 0.4) is 0 Å². The molecule has 1 amide bonds. The molecule has 10 nitrogen and oxygen atoms in total. The molecule has 1 aromatic carbocycles. The number of fused-ring (bicyclic) bond motifs is 3. The van der Waals surface area contributed by atoms with Gasteiger partial charge in [-0.05, 0) is 74.0 Å². The van der Waals surface area contributed by atoms with Crippen LogP contribution in [0.2, 0.25) is 0 Å². The Balaban J connectivity index is 1.52. The van der Waals surface area contributed by atoms with E-state index in [9.17, 15) is 34.8 Å². The van der Waals surface area contributed by atoms with E-state index in [0.29, 0.717) is 23.5 Å². The molecular weight excluding hydrogens is 540 g/mol. The average molecular weight is 579 g/mol. The Bertz CT molecular complexity index is 1470. The predicted octanol–water partition coefficient (Wildman–Crippen LogP) is 2.51. The van der Waals surface area contributed by atoms with E-state index in [4.69, 9.17) is 10.2 Å². The second kappa shape index (κ2) is 10.4. The molecule has 0 saturated heterocycles. The number of furan rings is 1. The first-order valence-corrected chi connectivity index (χ1v) is 14.8. The Morgan fingerprint density at radius 2 is 1.88 bits per heavy atom. The molecular formula is C32H38N2O8. The number of nitrogens with zero attached hydrogens (tertiary/aromatic N) is 1. The summed E-state index contributed by atoms with van der Waals surface area (Å²) >= 11 is 0. The van der Waals surface area contributed by atoms with Crippen molar-refractivity contribution in [1.29, 1.82) is 0 Å². The molecule has 1 aromatic heterocycles. The van der Waals surface area contributed by atoms with Crippen molar-refractivity contribution in [2.24, 2.45) is 29.4 Å². The summed E-state index contributed by atoms with van der Waals surface area (Å²) in [6, 6.07) is 2.82. The van der Waals surface area contributed by atoms with Gasteiger partial charge in [-0.2, -0.15) is 0 Å². The molecule has 6 rings (SSSR count). The van der Waals surface area contributed by atoms with Crippen LogP contribution in [0.4, 0.5) is 0 Å². The lowest BCUT2D eigenvalue weighted by Crippen LogP contribution is -2.73. The van der Waals surface area contributed by atoms with E-state index in [0.717, 1.165) is 36.8 Å². The van der Waals surface area contributed by atoms with Gasteiger partial charge in [0, 0.05) is 23.1 Å². The smallest absolute Gasteiger partial charge is 0.230 e. The Morgan fingerprint density at radius 1 is 1.17 bits per heavy atom. The van der Waals surface area contributed by atoms with E-state index in [1.54, 1.807) is 37.6 Å². The van der Waals surface area contributed by atoms with Crippen LogP contribution >= 0.6 is 0 Å². The summed E-state index contributed by atoms with van der Waals surface area (Å²) < 4.78 is 5.38. The quantitative estimate of drug-likeness (QED) is 0.334. The maximum Gasteiger partial charge on any atom is 0.230 e. The molecule has 0 bridgehead atoms. The van der Waals surface area contributed by atoms with Crippen molar-refractivity contribution in [3.05, 3.63) is 46.9 Å². The molecule has 6 atom stereocenters. The van der Waals surface area contributed by atoms with E-state index in [2.05, 4.69) is 0 Å². The maximum absolute atomic E-state index is 14.2. The molecule has 3 saturated carbocycles. The summed E-state index contributed by atoms with van der Waals surface area (Å²) in [6.07, 6.45) is 8.08. The molecule has 0 spiro atoms. The minimum atomic E-state index is -2.67. The van der Waals surface area contributed by atoms with Gasteiger partial charge in [0.05, 0.1) is 24.2 Å². The third-order valence-electron chi connectivity index (χ3n) is 10.2. The molecule has 10 heteroatoms. The van der Waals surface area contributed by atoms with Crippen LogP contribution in [0.15, 0.2) is 34.6 Å². The van der Waals surface area contributed by atoms with Gasteiger partial charge in [0.25, 0.3) is 0 Å². The van der Waals surface area contributed by atoms with Crippen molar-refractivity contribution in [2.45, 2.75) is 69.1 Å². The van der Waals surface area contributed by atoms with Crippen molar-refractivity contribution >= 4 is 23.2 Å². The fourth-order valence-corrected chi connectivity index (χ4v) is 8.26. The summed E-state index contributed by atoms with van der Waals surface area (Å²) in [6.45, 7) is 0. The van der Waals surface area contributed by atoms with Gasteiger partial charge in [-0.25, -0.2) is 0 Å². The number of ketones is 2. The van der Waals surface area contributed by atoms with Gasteiger partial charge < -0.3 is 35.5 Å². The zero-order valence-corrected chi connectivity index (χ0v) is 23.9. The molecule has 0 radical (unpaired) electrons. The number of aliphatic hydroxyl groups is 3. The van der Waals surface area contributed by atoms with E-state index in [1.807, 2.05) is 6.07 Å². The number of carbonyl (C=O) groups is 3. The standard InChI is InChI=1S/C32H38N2O8/c1-34(2)25-21-13-17-11-20-19(16-8-9-42-14-16)12-18(10-15-6-4-3-5-7-15)26(35)23(20)27(36)22(17)29(38)32(21,41)30(39)24(28(25)37)31(33)40/h8-9,12,14-15,17,21,24-25,28,35-37,41H,3-7,10-11,13H2,1-2H3,(H2,33,40)/t17-,21-,24?,25-,28?,32-/m1/s1. The number of phenols is 1. The highest BCUT2D eigenvalue weighted by Crippen LogP contribution is 2.54. The van der Waals surface area contributed by atoms with Gasteiger partial charge in [0.1, 0.15) is 17.4 Å². The molecule has 4 aliphatic carbocycles. The van der Waals surface area contributed by atoms with Gasteiger partial charge >= 0.3 is 0 Å². The normalized spacial score (nSPS) is 31.6. The molecule has 3 fully saturated rings. The van der Waals surface area contributed by atoms with Gasteiger partial charge in [0.15, 0.2) is 11.4 Å². The van der Waals surface area contributed by atoms with Gasteiger partial charge in [-0.15, -0.1) is 0 Å². The monoisotopic (exact) mass is 578 g/mol. The molecule has 2 unspecified atom stereocenters. The van der Waals surface area contributed by atoms with Crippen molar-refractivity contribution in [1.82, 2.24) is 4.90 Å². The number of nitrogens with two attached hydrogens (primary N) is 1. The highest BCUT2D eigenvalue weighted by Gasteiger charge is 2.67. The SMILES string of the molecule is CN(C)[C@H]1C(O)C(C(N)=O)C(=O)[C@]2(O)C(=O)C3=C(O)c4c(O)c(CC5CCCCC5)cc(-c5ccoc5)c4C[C@@H]3C[C@H]12. The van der Waals surface area contributed by atoms with Crippen LogP contribution in [0.1, 0.15) is 55.2 Å². The molecule has 1 heterocycles. The fraction of sp³-hybridized carbons (Fsp3) is 0.531. The van der Waals surface area contributed by atoms with Crippen LogP contribution in [0, 0.1) is 23.7 Å². The van der Waals surface area contributed by atoms with E-state index in [1.165, 1.54) is 6.42 Å². The number of benzene rings is 1. The van der Waals surface area contributed by atoms with Crippen LogP contribution in [0.25, 0.3) is 16.9 Å². The van der Waals surface area contributed by atoms with E-state index >= 15 is 0 Å². The highest BCUT2D eigenvalue weighted by molar-refractivity contribution is 6.25. The van der Waals surface area contributed by atoms with Crippen LogP contribution in [-0.4, -0.2) is 74.6 Å². The minimum absolute atomic E-state index is 0.0770. The summed E-state index contributed by atoms with van der Waals surface area (Å²) in [7, 11) is 3.27. The Hall–Kier alpha value is -3.47. The van der Waals surface area contributed by atoms with Gasteiger partial charge in [-0.3, -0.25) is 14.4 Å². The van der Waals surface area contributed by atoms with E-state index < -0.39 is 58.7 Å². The van der Waals surface area contributed by atoms with E-state index in [-0.39, 0.29) is 29.7 Å². The van der Waals surface area contributed by atoms with Crippen molar-refractivity contribution in [3.63, 3.8) is 0 Å². The van der Waals surface area contributed by atoms with Crippen molar-refractivity contribution < 1.29 is 39.2 Å². The molecule has 2 aromatic rings. The number of rotatable bonds is 5. The number of Topliss-reactive ketones (excluding diaryl/α,β-unsaturated/α-hetero) is 2. The Labute approximate surface area is 243 Å². The number of primary amides is 1. The number of phenolic OH excluding ortho intramolecular Hbond substituents is 1. The number of carbonyl (C=O) groups excluding carboxylic acids is 3. The van der Waals surface area contributed by atoms with Crippen molar-refractivity contribution in [3.8, 4) is 16.9 Å². The highest BCUT2D eigenvalue weighted by atomic mass is 16.3. The summed E-state index contributed by atoms with van der Waals surface area (Å²) in [5.74, 6) is -6.97. The Morgan fingerprint density at radius 3 is 2.50 bits per heavy atom. The number of aromatic hydroxyl groups is 1. The number of hydrogen-bond acceptors (Lipinski definition) is 9. The summed E-state index contributed by atoms with van der Waals surface area (Å²) in [4.78, 5) is 41.6. The molecule has 224 valence electrons. The second-order valence-electron chi connectivity index (χ2n) is 12.8. The molecule has 0 aliphatic heterocycles. The lowest BCUT2D eigenvalue weighted by Gasteiger charge is -2.53. The molecule has 4 aliphatic rings. The minimum Gasteiger partial charge on any atom is -0.507 e. The maximum atomic E-state index is 14.2. The topological polar surface area (TPSA) is 175 Å². The Kier molecular flexibility index (Phi) is 7.06. The van der Waals surface area contributed by atoms with Crippen LogP contribution in [-0.2, 0) is 27.2 Å². The van der Waals surface area contributed by atoms with Crippen LogP contribution in [0.5, 0.6) is 5.75 Å². The molecule has 6 N–H and O–H groups in total. The first-order valence-electron chi connectivity index (χ1n) is 14.8. The number of likely N-dealkylation sites (N-methyl/N-ethyl adjacent to an activating group) is 1.